The van der Waals surface area contributed by atoms with E-state index in [1.54, 1.807) is 12.1 Å². The number of benzene rings is 2. The Kier molecular flexibility index (Phi) is 7.01. The molecular weight excluding hydrogens is 430 g/mol. The number of methoxy groups -OCH3 is 1. The van der Waals surface area contributed by atoms with Gasteiger partial charge in [0.05, 0.1) is 23.3 Å². The molecule has 31 heavy (non-hydrogen) atoms. The number of amides is 1. The van der Waals surface area contributed by atoms with Gasteiger partial charge in [0.15, 0.2) is 0 Å². The van der Waals surface area contributed by atoms with Crippen molar-refractivity contribution in [1.82, 2.24) is 4.31 Å². The van der Waals surface area contributed by atoms with E-state index in [0.29, 0.717) is 19.2 Å². The summed E-state index contributed by atoms with van der Waals surface area (Å²) < 4.78 is 58.6. The third kappa shape index (κ3) is 5.26. The van der Waals surface area contributed by atoms with Gasteiger partial charge in [-0.05, 0) is 43.0 Å². The van der Waals surface area contributed by atoms with Gasteiger partial charge in [0.25, 0.3) is 0 Å². The maximum Gasteiger partial charge on any atom is 0.340 e. The second-order valence-electron chi connectivity index (χ2n) is 7.11. The molecule has 1 fully saturated rings. The molecular formula is C21H22F2N2O5S. The second kappa shape index (κ2) is 9.52. The Morgan fingerprint density at radius 1 is 1.06 bits per heavy atom. The molecule has 0 aromatic heterocycles. The lowest BCUT2D eigenvalue weighted by Crippen LogP contribution is -2.27. The number of aryl methyl sites for hydroxylation is 1. The number of esters is 1. The van der Waals surface area contributed by atoms with Gasteiger partial charge in [-0.2, -0.15) is 4.31 Å². The molecule has 0 atom stereocenters. The predicted molar refractivity (Wildman–Crippen MR) is 109 cm³/mol. The van der Waals surface area contributed by atoms with Crippen LogP contribution in [0.25, 0.3) is 0 Å². The van der Waals surface area contributed by atoms with E-state index in [9.17, 15) is 26.8 Å². The molecule has 7 nitrogen and oxygen atoms in total. The molecule has 1 N–H and O–H groups in total. The van der Waals surface area contributed by atoms with Crippen molar-refractivity contribution in [3.05, 3.63) is 59.2 Å². The first-order chi connectivity index (χ1) is 14.7. The van der Waals surface area contributed by atoms with Crippen LogP contribution < -0.4 is 5.32 Å². The summed E-state index contributed by atoms with van der Waals surface area (Å²) in [6.07, 6.45) is 1.95. The van der Waals surface area contributed by atoms with Crippen LogP contribution >= 0.6 is 0 Å². The SMILES string of the molecule is COC(=O)c1cc(NC(=O)CCc2ccc(S(=O)(=O)N3CCCC3)cc2)c(F)cc1F. The van der Waals surface area contributed by atoms with Crippen molar-refractivity contribution in [1.29, 1.82) is 0 Å². The van der Waals surface area contributed by atoms with Crippen molar-refractivity contribution >= 4 is 27.6 Å². The molecule has 0 saturated carbocycles. The summed E-state index contributed by atoms with van der Waals surface area (Å²) in [7, 11) is -2.44. The fraction of sp³-hybridized carbons (Fsp3) is 0.333. The minimum atomic E-state index is -3.51. The summed E-state index contributed by atoms with van der Waals surface area (Å²) in [5, 5.41) is 2.31. The zero-order valence-electron chi connectivity index (χ0n) is 16.9. The summed E-state index contributed by atoms with van der Waals surface area (Å²) in [6.45, 7) is 1.03. The number of carbonyl (C=O) groups is 2. The van der Waals surface area contributed by atoms with Gasteiger partial charge in [-0.1, -0.05) is 12.1 Å². The first-order valence-electron chi connectivity index (χ1n) is 9.68. The second-order valence-corrected chi connectivity index (χ2v) is 9.04. The topological polar surface area (TPSA) is 92.8 Å². The van der Waals surface area contributed by atoms with Gasteiger partial charge >= 0.3 is 5.97 Å². The Hall–Kier alpha value is -2.85. The fourth-order valence-corrected chi connectivity index (χ4v) is 4.80. The van der Waals surface area contributed by atoms with Crippen LogP contribution in [0.1, 0.15) is 35.2 Å². The minimum absolute atomic E-state index is 0.0252. The number of carbonyl (C=O) groups excluding carboxylic acids is 2. The van der Waals surface area contributed by atoms with Gasteiger partial charge in [-0.3, -0.25) is 4.79 Å². The van der Waals surface area contributed by atoms with Gasteiger partial charge in [0.1, 0.15) is 11.6 Å². The van der Waals surface area contributed by atoms with Crippen molar-refractivity contribution < 1.29 is 31.5 Å². The third-order valence-electron chi connectivity index (χ3n) is 5.00. The Morgan fingerprint density at radius 3 is 2.32 bits per heavy atom. The molecule has 1 aliphatic heterocycles. The molecule has 166 valence electrons. The van der Waals surface area contributed by atoms with E-state index in [0.717, 1.165) is 31.6 Å². The van der Waals surface area contributed by atoms with E-state index in [1.165, 1.54) is 16.4 Å². The molecule has 1 amide bonds. The number of nitrogens with one attached hydrogen (secondary N) is 1. The Morgan fingerprint density at radius 2 is 1.71 bits per heavy atom. The highest BCUT2D eigenvalue weighted by Gasteiger charge is 2.27. The van der Waals surface area contributed by atoms with Gasteiger partial charge in [0, 0.05) is 25.6 Å². The molecule has 0 unspecified atom stereocenters. The number of rotatable bonds is 7. The number of hydrogen-bond donors (Lipinski definition) is 1. The van der Waals surface area contributed by atoms with E-state index in [2.05, 4.69) is 10.1 Å². The van der Waals surface area contributed by atoms with Gasteiger partial charge < -0.3 is 10.1 Å². The highest BCUT2D eigenvalue weighted by atomic mass is 32.2. The van der Waals surface area contributed by atoms with Crippen LogP contribution in [0.2, 0.25) is 0 Å². The van der Waals surface area contributed by atoms with Crippen molar-refractivity contribution in [2.75, 3.05) is 25.5 Å². The van der Waals surface area contributed by atoms with Crippen LogP contribution in [0.4, 0.5) is 14.5 Å². The molecule has 10 heteroatoms. The quantitative estimate of drug-likeness (QED) is 0.652. The highest BCUT2D eigenvalue weighted by Crippen LogP contribution is 2.22. The smallest absolute Gasteiger partial charge is 0.340 e. The Balaban J connectivity index is 1.62. The zero-order valence-corrected chi connectivity index (χ0v) is 17.7. The van der Waals surface area contributed by atoms with E-state index in [1.807, 2.05) is 0 Å². The van der Waals surface area contributed by atoms with Gasteiger partial charge in [0.2, 0.25) is 15.9 Å². The van der Waals surface area contributed by atoms with Crippen LogP contribution in [0.5, 0.6) is 0 Å². The summed E-state index contributed by atoms with van der Waals surface area (Å²) in [6, 6.07) is 7.65. The monoisotopic (exact) mass is 452 g/mol. The van der Waals surface area contributed by atoms with Crippen LogP contribution in [0.3, 0.4) is 0 Å². The molecule has 0 bridgehead atoms. The number of hydrogen-bond acceptors (Lipinski definition) is 5. The average molecular weight is 452 g/mol. The Bertz CT molecular complexity index is 1080. The molecule has 2 aromatic carbocycles. The van der Waals surface area contributed by atoms with Crippen LogP contribution in [0, 0.1) is 11.6 Å². The highest BCUT2D eigenvalue weighted by molar-refractivity contribution is 7.89. The molecule has 1 heterocycles. The molecule has 0 spiro atoms. The largest absolute Gasteiger partial charge is 0.465 e. The van der Waals surface area contributed by atoms with Crippen LogP contribution in [-0.4, -0.2) is 44.8 Å². The summed E-state index contributed by atoms with van der Waals surface area (Å²) in [4.78, 5) is 23.9. The van der Waals surface area contributed by atoms with Gasteiger partial charge in [-0.25, -0.2) is 22.0 Å². The Labute approximate surface area is 179 Å². The molecule has 3 rings (SSSR count). The predicted octanol–water partition coefficient (Wildman–Crippen LogP) is 3.11. The summed E-state index contributed by atoms with van der Waals surface area (Å²) >= 11 is 0. The summed E-state index contributed by atoms with van der Waals surface area (Å²) in [5.74, 6) is -3.65. The lowest BCUT2D eigenvalue weighted by molar-refractivity contribution is -0.116. The number of ether oxygens (including phenoxy) is 1. The summed E-state index contributed by atoms with van der Waals surface area (Å²) in [5.41, 5.74) is -0.0989. The lowest BCUT2D eigenvalue weighted by Gasteiger charge is -2.15. The normalized spacial score (nSPS) is 14.4. The first kappa shape index (κ1) is 22.8. The number of anilines is 1. The van der Waals surface area contributed by atoms with Crippen molar-refractivity contribution in [2.24, 2.45) is 0 Å². The average Bonchev–Trinajstić information content (AvgIpc) is 3.30. The molecule has 1 aliphatic rings. The van der Waals surface area contributed by atoms with Gasteiger partial charge in [-0.15, -0.1) is 0 Å². The van der Waals surface area contributed by atoms with E-state index >= 15 is 0 Å². The maximum atomic E-state index is 13.9. The van der Waals surface area contributed by atoms with E-state index in [-0.39, 0.29) is 23.4 Å². The molecule has 1 saturated heterocycles. The van der Waals surface area contributed by atoms with Crippen LogP contribution in [0.15, 0.2) is 41.3 Å². The lowest BCUT2D eigenvalue weighted by atomic mass is 10.1. The van der Waals surface area contributed by atoms with Crippen LogP contribution in [-0.2, 0) is 26.0 Å². The standard InChI is InChI=1S/C21H22F2N2O5S/c1-30-21(27)16-12-19(18(23)13-17(16)22)24-20(26)9-6-14-4-7-15(8-5-14)31(28,29)25-10-2-3-11-25/h4-5,7-8,12-13H,2-3,6,9-11H2,1H3,(H,24,26). The van der Waals surface area contributed by atoms with E-state index < -0.39 is 39.1 Å². The number of sulfonamides is 1. The maximum absolute atomic E-state index is 13.9. The fourth-order valence-electron chi connectivity index (χ4n) is 3.29. The van der Waals surface area contributed by atoms with Crippen molar-refractivity contribution in [2.45, 2.75) is 30.6 Å². The number of nitrogens with zero attached hydrogens (tertiary/aromatic N) is 1. The van der Waals surface area contributed by atoms with Crippen molar-refractivity contribution in [3.8, 4) is 0 Å². The zero-order chi connectivity index (χ0) is 22.6. The van der Waals surface area contributed by atoms with E-state index in [4.69, 9.17) is 0 Å². The minimum Gasteiger partial charge on any atom is -0.465 e. The third-order valence-corrected chi connectivity index (χ3v) is 6.92. The molecule has 2 aromatic rings. The van der Waals surface area contributed by atoms with Crippen molar-refractivity contribution in [3.63, 3.8) is 0 Å². The molecule has 0 aliphatic carbocycles. The molecule has 0 radical (unpaired) electrons. The number of halogens is 2. The first-order valence-corrected chi connectivity index (χ1v) is 11.1.